The summed E-state index contributed by atoms with van der Waals surface area (Å²) in [6, 6.07) is 11.0. The van der Waals surface area contributed by atoms with E-state index in [1.54, 1.807) is 21.3 Å². The predicted molar refractivity (Wildman–Crippen MR) is 130 cm³/mol. The Morgan fingerprint density at radius 3 is 1.68 bits per heavy atom. The van der Waals surface area contributed by atoms with E-state index in [4.69, 9.17) is 23.7 Å². The van der Waals surface area contributed by atoms with E-state index in [0.29, 0.717) is 39.3 Å². The number of anilines is 1. The van der Waals surface area contributed by atoms with E-state index in [9.17, 15) is 8.78 Å². The lowest BCUT2D eigenvalue weighted by Crippen LogP contribution is -1.97. The Hall–Kier alpha value is -3.59. The predicted octanol–water partition coefficient (Wildman–Crippen LogP) is 6.30. The van der Waals surface area contributed by atoms with Crippen LogP contribution < -0.4 is 28.4 Å². The van der Waals surface area contributed by atoms with Crippen molar-refractivity contribution in [2.24, 2.45) is 0 Å². The van der Waals surface area contributed by atoms with Crippen molar-refractivity contribution >= 4 is 29.8 Å². The number of hydrogen-bond acceptors (Lipinski definition) is 7. The molecule has 34 heavy (non-hydrogen) atoms. The zero-order valence-corrected chi connectivity index (χ0v) is 20.2. The number of rotatable bonds is 10. The van der Waals surface area contributed by atoms with E-state index < -0.39 is 11.6 Å². The Labute approximate surface area is 201 Å². The monoisotopic (exact) mass is 489 g/mol. The third-order valence-electron chi connectivity index (χ3n) is 4.83. The van der Waals surface area contributed by atoms with Crippen LogP contribution in [0.2, 0.25) is 0 Å². The minimum atomic E-state index is -0.918. The van der Waals surface area contributed by atoms with Crippen LogP contribution in [0.15, 0.2) is 47.4 Å². The maximum Gasteiger partial charge on any atom is 0.203 e. The molecular weight excluding hydrogens is 464 g/mol. The highest BCUT2D eigenvalue weighted by atomic mass is 32.2. The Bertz CT molecular complexity index is 1160. The van der Waals surface area contributed by atoms with Gasteiger partial charge in [-0.2, -0.15) is 0 Å². The van der Waals surface area contributed by atoms with Crippen LogP contribution >= 0.6 is 11.9 Å². The molecule has 0 heterocycles. The van der Waals surface area contributed by atoms with Gasteiger partial charge in [0.15, 0.2) is 34.6 Å². The molecule has 0 atom stereocenters. The van der Waals surface area contributed by atoms with E-state index in [2.05, 4.69) is 4.72 Å². The molecule has 0 aliphatic carbocycles. The smallest absolute Gasteiger partial charge is 0.203 e. The number of benzene rings is 3. The van der Waals surface area contributed by atoms with E-state index in [1.165, 1.54) is 20.3 Å². The van der Waals surface area contributed by atoms with Gasteiger partial charge in [-0.05, 0) is 65.5 Å². The number of hydrogen-bond donors (Lipinski definition) is 1. The molecule has 0 spiro atoms. The van der Waals surface area contributed by atoms with E-state index in [-0.39, 0.29) is 0 Å². The van der Waals surface area contributed by atoms with Gasteiger partial charge in [0.1, 0.15) is 0 Å². The summed E-state index contributed by atoms with van der Waals surface area (Å²) in [5, 5.41) is 0. The molecule has 0 amide bonds. The van der Waals surface area contributed by atoms with Gasteiger partial charge in [-0.25, -0.2) is 8.78 Å². The van der Waals surface area contributed by atoms with Gasteiger partial charge >= 0.3 is 0 Å². The lowest BCUT2D eigenvalue weighted by Gasteiger charge is -2.15. The number of halogens is 2. The Balaban J connectivity index is 1.93. The first-order valence-corrected chi connectivity index (χ1v) is 10.9. The van der Waals surface area contributed by atoms with Gasteiger partial charge in [0.05, 0.1) is 41.2 Å². The highest BCUT2D eigenvalue weighted by molar-refractivity contribution is 8.00. The molecule has 0 fully saturated rings. The van der Waals surface area contributed by atoms with Crippen molar-refractivity contribution in [3.8, 4) is 28.7 Å². The van der Waals surface area contributed by atoms with Gasteiger partial charge in [-0.15, -0.1) is 0 Å². The first-order chi connectivity index (χ1) is 16.4. The summed E-state index contributed by atoms with van der Waals surface area (Å²) in [6.07, 6.45) is 3.77. The molecule has 0 aliphatic rings. The molecule has 0 bridgehead atoms. The molecule has 0 saturated carbocycles. The second-order valence-corrected chi connectivity index (χ2v) is 7.76. The van der Waals surface area contributed by atoms with Gasteiger partial charge in [0.2, 0.25) is 5.75 Å². The molecule has 9 heteroatoms. The molecular formula is C25H25F2NO5S. The summed E-state index contributed by atoms with van der Waals surface area (Å²) in [5.74, 6) is 0.749. The van der Waals surface area contributed by atoms with Crippen LogP contribution in [0, 0.1) is 11.6 Å². The van der Waals surface area contributed by atoms with E-state index in [0.717, 1.165) is 35.2 Å². The quantitative estimate of drug-likeness (QED) is 0.265. The lowest BCUT2D eigenvalue weighted by atomic mass is 10.1. The minimum Gasteiger partial charge on any atom is -0.493 e. The van der Waals surface area contributed by atoms with Gasteiger partial charge < -0.3 is 28.4 Å². The molecule has 0 saturated heterocycles. The summed E-state index contributed by atoms with van der Waals surface area (Å²) in [6.45, 7) is 0. The van der Waals surface area contributed by atoms with Gasteiger partial charge in [0, 0.05) is 4.90 Å². The third kappa shape index (κ3) is 5.66. The van der Waals surface area contributed by atoms with Crippen molar-refractivity contribution < 1.29 is 32.5 Å². The number of ether oxygens (including phenoxy) is 5. The number of methoxy groups -OCH3 is 5. The molecule has 3 aromatic rings. The van der Waals surface area contributed by atoms with Crippen molar-refractivity contribution in [3.05, 3.63) is 65.2 Å². The lowest BCUT2D eigenvalue weighted by molar-refractivity contribution is 0.324. The summed E-state index contributed by atoms with van der Waals surface area (Å²) in [4.78, 5) is 0.498. The third-order valence-corrected chi connectivity index (χ3v) is 5.64. The summed E-state index contributed by atoms with van der Waals surface area (Å²) in [5.41, 5.74) is 2.23. The fourth-order valence-corrected chi connectivity index (χ4v) is 3.88. The highest BCUT2D eigenvalue weighted by Gasteiger charge is 2.14. The first kappa shape index (κ1) is 25.0. The molecule has 3 rings (SSSR count). The second-order valence-electron chi connectivity index (χ2n) is 6.88. The summed E-state index contributed by atoms with van der Waals surface area (Å²) in [7, 11) is 7.73. The molecule has 0 aliphatic heterocycles. The van der Waals surface area contributed by atoms with E-state index >= 15 is 0 Å². The maximum atomic E-state index is 13.6. The van der Waals surface area contributed by atoms with Crippen LogP contribution in [0.5, 0.6) is 28.7 Å². The Morgan fingerprint density at radius 2 is 1.18 bits per heavy atom. The van der Waals surface area contributed by atoms with Crippen LogP contribution in [0.1, 0.15) is 11.1 Å². The molecule has 0 unspecified atom stereocenters. The average Bonchev–Trinajstić information content (AvgIpc) is 2.86. The van der Waals surface area contributed by atoms with Gasteiger partial charge in [-0.3, -0.25) is 0 Å². The van der Waals surface area contributed by atoms with E-state index in [1.807, 2.05) is 36.4 Å². The molecule has 180 valence electrons. The second kappa shape index (κ2) is 11.5. The van der Waals surface area contributed by atoms with Crippen molar-refractivity contribution in [1.82, 2.24) is 0 Å². The largest absolute Gasteiger partial charge is 0.493 e. The van der Waals surface area contributed by atoms with Crippen LogP contribution in [-0.2, 0) is 0 Å². The summed E-state index contributed by atoms with van der Waals surface area (Å²) >= 11 is 1.12. The van der Waals surface area contributed by atoms with Crippen molar-refractivity contribution in [2.75, 3.05) is 40.3 Å². The number of nitrogens with one attached hydrogen (secondary N) is 1. The first-order valence-electron chi connectivity index (χ1n) is 10.1. The highest BCUT2D eigenvalue weighted by Crippen LogP contribution is 2.41. The summed E-state index contributed by atoms with van der Waals surface area (Å²) < 4.78 is 57.1. The molecule has 0 radical (unpaired) electrons. The SMILES string of the molecule is COc1cc(/C=C\c2cc(OC)c(OC)c(OC)c2)cc(NSc2ccc(F)c(F)c2)c1OC. The molecule has 6 nitrogen and oxygen atoms in total. The normalized spacial score (nSPS) is 10.8. The minimum absolute atomic E-state index is 0.475. The fraction of sp³-hybridized carbons (Fsp3) is 0.200. The van der Waals surface area contributed by atoms with Crippen molar-refractivity contribution in [2.45, 2.75) is 4.90 Å². The average molecular weight is 490 g/mol. The zero-order valence-electron chi connectivity index (χ0n) is 19.4. The molecule has 3 aromatic carbocycles. The Kier molecular flexibility index (Phi) is 8.48. The standard InChI is InChI=1S/C25H25F2NO5S/c1-29-21-11-15(6-7-16-12-22(30-2)25(33-5)23(13-16)31-3)10-20(24(21)32-4)28-34-17-8-9-18(26)19(27)14-17/h6-14,28H,1-5H3/b7-6-. The van der Waals surface area contributed by atoms with Crippen LogP contribution in [0.3, 0.4) is 0 Å². The van der Waals surface area contributed by atoms with Crippen molar-refractivity contribution in [3.63, 3.8) is 0 Å². The molecule has 1 N–H and O–H groups in total. The molecule has 0 aromatic heterocycles. The maximum absolute atomic E-state index is 13.6. The topological polar surface area (TPSA) is 58.2 Å². The van der Waals surface area contributed by atoms with Crippen molar-refractivity contribution in [1.29, 1.82) is 0 Å². The zero-order chi connectivity index (χ0) is 24.7. The van der Waals surface area contributed by atoms with Crippen LogP contribution in [0.25, 0.3) is 12.2 Å². The van der Waals surface area contributed by atoms with Crippen LogP contribution in [-0.4, -0.2) is 35.5 Å². The Morgan fingerprint density at radius 1 is 0.647 bits per heavy atom. The van der Waals surface area contributed by atoms with Crippen LogP contribution in [0.4, 0.5) is 14.5 Å². The van der Waals surface area contributed by atoms with Gasteiger partial charge in [0.25, 0.3) is 0 Å². The van der Waals surface area contributed by atoms with Gasteiger partial charge in [-0.1, -0.05) is 12.2 Å². The fourth-order valence-electron chi connectivity index (χ4n) is 3.20.